The van der Waals surface area contributed by atoms with E-state index in [1.807, 2.05) is 31.2 Å². The average Bonchev–Trinajstić information content (AvgIpc) is 3.26. The van der Waals surface area contributed by atoms with Crippen LogP contribution in [0.2, 0.25) is 0 Å². The summed E-state index contributed by atoms with van der Waals surface area (Å²) in [7, 11) is -3.59. The fourth-order valence-corrected chi connectivity index (χ4v) is 7.74. The monoisotopic (exact) mass is 480 g/mol. The molecule has 1 aliphatic rings. The molecule has 0 spiro atoms. The summed E-state index contributed by atoms with van der Waals surface area (Å²) in [5, 5.41) is 10.3. The van der Waals surface area contributed by atoms with Gasteiger partial charge in [0, 0.05) is 16.7 Å². The normalized spacial score (nSPS) is 20.0. The van der Waals surface area contributed by atoms with E-state index in [0.29, 0.717) is 36.4 Å². The number of amides is 2. The third kappa shape index (κ3) is 4.88. The number of hydrogen-bond acceptors (Lipinski definition) is 7. The van der Waals surface area contributed by atoms with E-state index in [9.17, 15) is 18.0 Å². The molecule has 0 unspecified atom stereocenters. The number of rotatable bonds is 8. The number of carbonyl (C=O) groups excluding carboxylic acids is 2. The molecule has 0 saturated carbocycles. The van der Waals surface area contributed by atoms with E-state index in [-0.39, 0.29) is 18.1 Å². The van der Waals surface area contributed by atoms with Crippen molar-refractivity contribution >= 4 is 38.7 Å². The molecule has 1 fully saturated rings. The Morgan fingerprint density at radius 3 is 2.69 bits per heavy atom. The van der Waals surface area contributed by atoms with Gasteiger partial charge in [-0.05, 0) is 49.1 Å². The number of hydroxylamine groups is 2. The second-order valence-corrected chi connectivity index (χ2v) is 11.3. The quantitative estimate of drug-likeness (QED) is 0.439. The van der Waals surface area contributed by atoms with Gasteiger partial charge in [0.25, 0.3) is 0 Å². The Labute approximate surface area is 192 Å². The zero-order chi connectivity index (χ0) is 23.4. The molecule has 2 aromatic rings. The van der Waals surface area contributed by atoms with Crippen molar-refractivity contribution in [2.75, 3.05) is 17.4 Å². The number of thiophene rings is 1. The van der Waals surface area contributed by atoms with E-state index in [2.05, 4.69) is 0 Å². The van der Waals surface area contributed by atoms with Crippen molar-refractivity contribution < 1.29 is 28.1 Å². The second kappa shape index (κ2) is 10.1. The number of sulfone groups is 1. The molecule has 2 heterocycles. The summed E-state index contributed by atoms with van der Waals surface area (Å²) < 4.78 is 24.9. The molecule has 1 aromatic carbocycles. The van der Waals surface area contributed by atoms with Gasteiger partial charge in [-0.1, -0.05) is 25.5 Å². The van der Waals surface area contributed by atoms with E-state index in [1.54, 1.807) is 17.6 Å². The molecule has 174 valence electrons. The Balaban J connectivity index is 2.00. The molecular formula is C22H28N2O6S2. The first-order valence-electron chi connectivity index (χ1n) is 10.5. The minimum absolute atomic E-state index is 0.0107. The number of anilines is 1. The van der Waals surface area contributed by atoms with Crippen molar-refractivity contribution in [1.82, 2.24) is 5.48 Å². The highest BCUT2D eigenvalue weighted by molar-refractivity contribution is 7.92. The topological polar surface area (TPSA) is 113 Å². The molecule has 32 heavy (non-hydrogen) atoms. The van der Waals surface area contributed by atoms with Gasteiger partial charge in [-0.25, -0.2) is 13.9 Å². The third-order valence-electron chi connectivity index (χ3n) is 5.54. The van der Waals surface area contributed by atoms with Gasteiger partial charge >= 0.3 is 0 Å². The van der Waals surface area contributed by atoms with Gasteiger partial charge < -0.3 is 0 Å². The molecule has 0 aliphatic carbocycles. The van der Waals surface area contributed by atoms with E-state index in [0.717, 1.165) is 16.9 Å². The van der Waals surface area contributed by atoms with E-state index >= 15 is 0 Å². The SMILES string of the molecule is CCCON(C(C)=O)c1cccc(-c2ccc([C@@]3(CC(=O)NO)CCCCS3(=O)=O)s2)c1. The first-order chi connectivity index (χ1) is 15.2. The Hall–Kier alpha value is -2.27. The maximum atomic E-state index is 13.1. The van der Waals surface area contributed by atoms with Gasteiger partial charge in [0.15, 0.2) is 9.84 Å². The maximum absolute atomic E-state index is 13.1. The lowest BCUT2D eigenvalue weighted by atomic mass is 9.94. The number of benzene rings is 1. The van der Waals surface area contributed by atoms with Crippen LogP contribution in [0, 0.1) is 0 Å². The molecule has 10 heteroatoms. The number of hydrogen-bond donors (Lipinski definition) is 2. The molecule has 8 nitrogen and oxygen atoms in total. The highest BCUT2D eigenvalue weighted by atomic mass is 32.2. The van der Waals surface area contributed by atoms with Gasteiger partial charge in [0.2, 0.25) is 11.8 Å². The van der Waals surface area contributed by atoms with Crippen molar-refractivity contribution in [2.45, 2.75) is 50.7 Å². The van der Waals surface area contributed by atoms with Crippen LogP contribution in [0.5, 0.6) is 0 Å². The van der Waals surface area contributed by atoms with Gasteiger partial charge in [0.1, 0.15) is 4.75 Å². The Bertz CT molecular complexity index is 1080. The zero-order valence-corrected chi connectivity index (χ0v) is 19.8. The third-order valence-corrected chi connectivity index (χ3v) is 9.59. The van der Waals surface area contributed by atoms with Crippen molar-refractivity contribution in [3.05, 3.63) is 41.3 Å². The summed E-state index contributed by atoms with van der Waals surface area (Å²) in [6, 6.07) is 10.8. The molecule has 1 saturated heterocycles. The van der Waals surface area contributed by atoms with Crippen LogP contribution in [0.3, 0.4) is 0 Å². The summed E-state index contributed by atoms with van der Waals surface area (Å²) >= 11 is 1.31. The summed E-state index contributed by atoms with van der Waals surface area (Å²) in [6.45, 7) is 3.78. The lowest BCUT2D eigenvalue weighted by Gasteiger charge is -2.35. The van der Waals surface area contributed by atoms with Gasteiger partial charge in [0.05, 0.1) is 24.5 Å². The van der Waals surface area contributed by atoms with E-state index in [4.69, 9.17) is 10.0 Å². The lowest BCUT2D eigenvalue weighted by molar-refractivity contribution is -0.130. The zero-order valence-electron chi connectivity index (χ0n) is 18.2. The van der Waals surface area contributed by atoms with Crippen LogP contribution >= 0.6 is 11.3 Å². The highest BCUT2D eigenvalue weighted by Crippen LogP contribution is 2.47. The maximum Gasteiger partial charge on any atom is 0.247 e. The van der Waals surface area contributed by atoms with Gasteiger partial charge in [-0.3, -0.25) is 19.6 Å². The largest absolute Gasteiger partial charge is 0.289 e. The van der Waals surface area contributed by atoms with Crippen LogP contribution in [0.1, 0.15) is 50.8 Å². The number of carbonyl (C=O) groups is 2. The summed E-state index contributed by atoms with van der Waals surface area (Å²) in [6.07, 6.45) is 2.00. The fraction of sp³-hybridized carbons (Fsp3) is 0.455. The smallest absolute Gasteiger partial charge is 0.247 e. The minimum Gasteiger partial charge on any atom is -0.289 e. The molecule has 1 aliphatic heterocycles. The molecule has 1 aromatic heterocycles. The van der Waals surface area contributed by atoms with Crippen LogP contribution in [0.25, 0.3) is 10.4 Å². The number of nitrogens with one attached hydrogen (secondary N) is 1. The van der Waals surface area contributed by atoms with E-state index in [1.165, 1.54) is 23.3 Å². The first-order valence-corrected chi connectivity index (χ1v) is 13.0. The van der Waals surface area contributed by atoms with Crippen LogP contribution in [0.15, 0.2) is 36.4 Å². The summed E-state index contributed by atoms with van der Waals surface area (Å²) in [5.41, 5.74) is 2.97. The molecule has 2 N–H and O–H groups in total. The van der Waals surface area contributed by atoms with Crippen molar-refractivity contribution in [2.24, 2.45) is 0 Å². The molecule has 3 rings (SSSR count). The van der Waals surface area contributed by atoms with Gasteiger partial charge in [-0.2, -0.15) is 5.06 Å². The first kappa shape index (κ1) is 24.4. The standard InChI is InChI=1S/C22H28N2O6S2/c1-3-12-30-24(16(2)25)18-8-6-7-17(14-18)19-9-10-20(31-19)22(15-21(26)23-27)11-4-5-13-32(22,28)29/h6-10,14,27H,3-5,11-13,15H2,1-2H3,(H,23,26)/t22-/m0/s1. The summed E-state index contributed by atoms with van der Waals surface area (Å²) in [4.78, 5) is 31.0. The molecule has 2 amide bonds. The molecule has 0 radical (unpaired) electrons. The number of nitrogens with zero attached hydrogens (tertiary/aromatic N) is 1. The summed E-state index contributed by atoms with van der Waals surface area (Å²) in [5.74, 6) is -0.959. The lowest BCUT2D eigenvalue weighted by Crippen LogP contribution is -2.43. The second-order valence-electron chi connectivity index (χ2n) is 7.84. The van der Waals surface area contributed by atoms with Crippen LogP contribution in [0.4, 0.5) is 5.69 Å². The average molecular weight is 481 g/mol. The molecular weight excluding hydrogens is 452 g/mol. The predicted octanol–water partition coefficient (Wildman–Crippen LogP) is 3.80. The fourth-order valence-electron chi connectivity index (χ4n) is 3.97. The van der Waals surface area contributed by atoms with Crippen LogP contribution in [-0.2, 0) is 29.0 Å². The van der Waals surface area contributed by atoms with Crippen molar-refractivity contribution in [3.8, 4) is 10.4 Å². The Morgan fingerprint density at radius 2 is 2.03 bits per heavy atom. The molecule has 1 atom stereocenters. The minimum atomic E-state index is -3.59. The van der Waals surface area contributed by atoms with Crippen molar-refractivity contribution in [3.63, 3.8) is 0 Å². The van der Waals surface area contributed by atoms with E-state index < -0.39 is 20.5 Å². The Morgan fingerprint density at radius 1 is 1.25 bits per heavy atom. The van der Waals surface area contributed by atoms with Crippen molar-refractivity contribution in [1.29, 1.82) is 0 Å². The predicted molar refractivity (Wildman–Crippen MR) is 123 cm³/mol. The highest BCUT2D eigenvalue weighted by Gasteiger charge is 2.49. The molecule has 0 bridgehead atoms. The Kier molecular flexibility index (Phi) is 7.71. The van der Waals surface area contributed by atoms with Crippen LogP contribution < -0.4 is 10.5 Å². The van der Waals surface area contributed by atoms with Crippen LogP contribution in [-0.4, -0.2) is 37.8 Å². The van der Waals surface area contributed by atoms with Gasteiger partial charge in [-0.15, -0.1) is 11.3 Å².